The third-order valence-corrected chi connectivity index (χ3v) is 6.84. The molecule has 39 heavy (non-hydrogen) atoms. The van der Waals surface area contributed by atoms with E-state index in [2.05, 4.69) is 4.99 Å². The van der Waals surface area contributed by atoms with Crippen LogP contribution in [0.5, 0.6) is 17.2 Å². The van der Waals surface area contributed by atoms with Crippen molar-refractivity contribution in [2.24, 2.45) is 4.99 Å². The number of carbonyl (C=O) groups is 2. The van der Waals surface area contributed by atoms with E-state index in [1.807, 2.05) is 25.1 Å². The molecule has 2 aromatic carbocycles. The highest BCUT2D eigenvalue weighted by Crippen LogP contribution is 2.36. The lowest BCUT2D eigenvalue weighted by molar-refractivity contribution is -0.307. The highest BCUT2D eigenvalue weighted by molar-refractivity contribution is 7.07. The lowest BCUT2D eigenvalue weighted by Gasteiger charge is -2.26. The number of carbonyl (C=O) groups excluding carboxylic acids is 2. The van der Waals surface area contributed by atoms with Crippen molar-refractivity contribution in [3.05, 3.63) is 84.5 Å². The van der Waals surface area contributed by atoms with Gasteiger partial charge >= 0.3 is 5.97 Å². The molecular weight excluding hydrogens is 524 g/mol. The van der Waals surface area contributed by atoms with Gasteiger partial charge in [0.1, 0.15) is 18.4 Å². The van der Waals surface area contributed by atoms with E-state index >= 15 is 0 Å². The minimum atomic E-state index is -1.36. The first-order chi connectivity index (χ1) is 18.8. The number of carboxylic acids is 1. The third kappa shape index (κ3) is 5.73. The molecule has 10 nitrogen and oxygen atoms in total. The van der Waals surface area contributed by atoms with Crippen molar-refractivity contribution in [1.82, 2.24) is 4.57 Å². The Morgan fingerprint density at radius 2 is 1.85 bits per heavy atom. The van der Waals surface area contributed by atoms with Gasteiger partial charge in [-0.05, 0) is 50.6 Å². The summed E-state index contributed by atoms with van der Waals surface area (Å²) in [5.41, 5.74) is 1.62. The summed E-state index contributed by atoms with van der Waals surface area (Å²) in [7, 11) is 1.42. The molecule has 0 unspecified atom stereocenters. The van der Waals surface area contributed by atoms with Crippen molar-refractivity contribution >= 4 is 29.4 Å². The summed E-state index contributed by atoms with van der Waals surface area (Å²) in [5.74, 6) is -0.848. The third-order valence-electron chi connectivity index (χ3n) is 5.86. The van der Waals surface area contributed by atoms with E-state index in [1.165, 1.54) is 23.0 Å². The Kier molecular flexibility index (Phi) is 8.50. The summed E-state index contributed by atoms with van der Waals surface area (Å²) in [6.45, 7) is 5.24. The Morgan fingerprint density at radius 1 is 1.08 bits per heavy atom. The van der Waals surface area contributed by atoms with Crippen LogP contribution in [0.3, 0.4) is 0 Å². The van der Waals surface area contributed by atoms with Gasteiger partial charge in [-0.15, -0.1) is 0 Å². The van der Waals surface area contributed by atoms with E-state index in [1.54, 1.807) is 44.2 Å². The van der Waals surface area contributed by atoms with Crippen LogP contribution in [-0.4, -0.2) is 43.4 Å². The standard InChI is InChI=1S/C28H28N2O8S/c1-5-36-19-10-8-7-9-18(19)25-24(27(34)37-6-2)16(3)29-28-30(25)26(33)22(39-28)14-17-11-12-20(21(13-17)35-4)38-15-23(31)32/h7-14,25H,5-6,15H2,1-4H3,(H,31,32)/p-1/b22-14-/t25-/m0/s1. The quantitative estimate of drug-likeness (QED) is 0.345. The number of allylic oxidation sites excluding steroid dienone is 1. The van der Waals surface area contributed by atoms with Crippen LogP contribution >= 0.6 is 11.3 Å². The van der Waals surface area contributed by atoms with E-state index in [0.29, 0.717) is 44.3 Å². The molecule has 0 saturated heterocycles. The van der Waals surface area contributed by atoms with Gasteiger partial charge in [-0.2, -0.15) is 0 Å². The zero-order valence-electron chi connectivity index (χ0n) is 21.9. The summed E-state index contributed by atoms with van der Waals surface area (Å²) >= 11 is 1.18. The molecule has 1 aliphatic heterocycles. The maximum Gasteiger partial charge on any atom is 0.338 e. The summed E-state index contributed by atoms with van der Waals surface area (Å²) in [6.07, 6.45) is 1.67. The first-order valence-corrected chi connectivity index (χ1v) is 13.0. The monoisotopic (exact) mass is 551 g/mol. The Balaban J connectivity index is 1.88. The van der Waals surface area contributed by atoms with E-state index in [4.69, 9.17) is 18.9 Å². The van der Waals surface area contributed by atoms with Crippen LogP contribution in [0.4, 0.5) is 0 Å². The molecule has 204 valence electrons. The molecule has 1 atom stereocenters. The number of para-hydroxylation sites is 1. The zero-order valence-corrected chi connectivity index (χ0v) is 22.7. The normalized spacial score (nSPS) is 14.9. The number of esters is 1. The van der Waals surface area contributed by atoms with E-state index in [9.17, 15) is 19.5 Å². The predicted molar refractivity (Wildman–Crippen MR) is 142 cm³/mol. The molecule has 0 radical (unpaired) electrons. The number of carboxylic acid groups (broad SMARTS) is 1. The Bertz CT molecular complexity index is 1620. The average molecular weight is 552 g/mol. The first kappa shape index (κ1) is 27.6. The van der Waals surface area contributed by atoms with Gasteiger partial charge in [0.05, 0.1) is 42.1 Å². The van der Waals surface area contributed by atoms with Crippen molar-refractivity contribution in [3.8, 4) is 17.2 Å². The molecule has 2 heterocycles. The van der Waals surface area contributed by atoms with Crippen LogP contribution in [0, 0.1) is 0 Å². The number of hydrogen-bond donors (Lipinski definition) is 0. The van der Waals surface area contributed by atoms with Crippen molar-refractivity contribution < 1.29 is 33.6 Å². The Morgan fingerprint density at radius 3 is 2.54 bits per heavy atom. The highest BCUT2D eigenvalue weighted by Gasteiger charge is 2.35. The fraction of sp³-hybridized carbons (Fsp3) is 0.286. The number of rotatable bonds is 10. The molecule has 0 bridgehead atoms. The number of methoxy groups -OCH3 is 1. The second-order valence-electron chi connectivity index (χ2n) is 8.34. The molecule has 0 spiro atoms. The number of nitrogens with zero attached hydrogens (tertiary/aromatic N) is 2. The van der Waals surface area contributed by atoms with Crippen molar-refractivity contribution in [2.45, 2.75) is 26.8 Å². The second kappa shape index (κ2) is 12.0. The molecule has 11 heteroatoms. The molecule has 0 fully saturated rings. The Hall–Kier alpha value is -4.38. The first-order valence-electron chi connectivity index (χ1n) is 12.2. The summed E-state index contributed by atoms with van der Waals surface area (Å²) in [5, 5.41) is 10.8. The van der Waals surface area contributed by atoms with Crippen molar-refractivity contribution in [2.75, 3.05) is 26.9 Å². The number of thiazole rings is 1. The highest BCUT2D eigenvalue weighted by atomic mass is 32.1. The smallest absolute Gasteiger partial charge is 0.338 e. The minimum absolute atomic E-state index is 0.171. The molecule has 0 N–H and O–H groups in total. The van der Waals surface area contributed by atoms with Crippen LogP contribution in [0.1, 0.15) is 37.9 Å². The lowest BCUT2D eigenvalue weighted by atomic mass is 9.95. The minimum Gasteiger partial charge on any atom is -0.546 e. The lowest BCUT2D eigenvalue weighted by Crippen LogP contribution is -2.40. The molecule has 0 saturated carbocycles. The molecule has 1 aliphatic rings. The van der Waals surface area contributed by atoms with Gasteiger partial charge in [0.15, 0.2) is 16.3 Å². The fourth-order valence-electron chi connectivity index (χ4n) is 4.26. The molecule has 4 rings (SSSR count). The van der Waals surface area contributed by atoms with E-state index in [-0.39, 0.29) is 23.5 Å². The molecular formula is C28H27N2O8S-. The SMILES string of the molecule is CCOC(=O)C1=C(C)N=c2s/c(=C\c3ccc(OCC(=O)[O-])c(OC)c3)c(=O)n2[C@H]1c1ccccc1OCC. The zero-order chi connectivity index (χ0) is 28.1. The summed E-state index contributed by atoms with van der Waals surface area (Å²) in [4.78, 5) is 42.7. The largest absolute Gasteiger partial charge is 0.546 e. The van der Waals surface area contributed by atoms with Gasteiger partial charge in [-0.1, -0.05) is 35.6 Å². The predicted octanol–water partition coefficient (Wildman–Crippen LogP) is 1.33. The van der Waals surface area contributed by atoms with Crippen LogP contribution in [0.25, 0.3) is 6.08 Å². The maximum absolute atomic E-state index is 13.8. The number of benzene rings is 2. The average Bonchev–Trinajstić information content (AvgIpc) is 3.21. The molecule has 0 aliphatic carbocycles. The van der Waals surface area contributed by atoms with E-state index < -0.39 is 24.6 Å². The molecule has 1 aromatic heterocycles. The number of ether oxygens (including phenoxy) is 4. The summed E-state index contributed by atoms with van der Waals surface area (Å²) in [6, 6.07) is 11.3. The molecule has 3 aromatic rings. The number of aliphatic carboxylic acids is 1. The number of aromatic nitrogens is 1. The van der Waals surface area contributed by atoms with Gasteiger partial charge in [-0.3, -0.25) is 9.36 Å². The summed E-state index contributed by atoms with van der Waals surface area (Å²) < 4.78 is 23.6. The van der Waals surface area contributed by atoms with Gasteiger partial charge < -0.3 is 28.8 Å². The van der Waals surface area contributed by atoms with Crippen LogP contribution in [0.2, 0.25) is 0 Å². The van der Waals surface area contributed by atoms with Gasteiger partial charge in [0.25, 0.3) is 5.56 Å². The van der Waals surface area contributed by atoms with Crippen LogP contribution in [-0.2, 0) is 14.3 Å². The van der Waals surface area contributed by atoms with Gasteiger partial charge in [0, 0.05) is 5.56 Å². The Labute approximate surface area is 228 Å². The van der Waals surface area contributed by atoms with Crippen LogP contribution in [0.15, 0.2) is 63.5 Å². The number of hydrogen-bond acceptors (Lipinski definition) is 10. The van der Waals surface area contributed by atoms with Crippen molar-refractivity contribution in [1.29, 1.82) is 0 Å². The van der Waals surface area contributed by atoms with Gasteiger partial charge in [-0.25, -0.2) is 9.79 Å². The second-order valence-corrected chi connectivity index (χ2v) is 9.35. The maximum atomic E-state index is 13.8. The van der Waals surface area contributed by atoms with Crippen LogP contribution < -0.4 is 34.2 Å². The van der Waals surface area contributed by atoms with Gasteiger partial charge in [0.2, 0.25) is 0 Å². The van der Waals surface area contributed by atoms with Crippen molar-refractivity contribution in [3.63, 3.8) is 0 Å². The van der Waals surface area contributed by atoms with E-state index in [0.717, 1.165) is 0 Å². The molecule has 0 amide bonds. The number of fused-ring (bicyclic) bond motifs is 1. The fourth-order valence-corrected chi connectivity index (χ4v) is 5.31. The topological polar surface area (TPSA) is 128 Å².